The Labute approximate surface area is 129 Å². The summed E-state index contributed by atoms with van der Waals surface area (Å²) >= 11 is 0. The molecule has 0 aliphatic rings. The van der Waals surface area contributed by atoms with Crippen LogP contribution in [0.4, 0.5) is 10.6 Å². The highest BCUT2D eigenvalue weighted by Crippen LogP contribution is 2.14. The van der Waals surface area contributed by atoms with Crippen LogP contribution in [0.3, 0.4) is 0 Å². The number of aromatic nitrogens is 2. The molecule has 2 rings (SSSR count). The smallest absolute Gasteiger partial charge is 0.413 e. The van der Waals surface area contributed by atoms with E-state index in [0.717, 1.165) is 17.1 Å². The molecule has 1 amide bonds. The first kappa shape index (κ1) is 16.1. The number of nitrogens with zero attached hydrogens (tertiary/aromatic N) is 1. The van der Waals surface area contributed by atoms with Crippen LogP contribution in [0.2, 0.25) is 0 Å². The van der Waals surface area contributed by atoms with E-state index >= 15 is 0 Å². The fraction of sp³-hybridized carbons (Fsp3) is 0.467. The van der Waals surface area contributed by atoms with Gasteiger partial charge in [-0.15, -0.1) is 0 Å². The number of hydrogen-bond donors (Lipinski definition) is 3. The van der Waals surface area contributed by atoms with Gasteiger partial charge in [-0.1, -0.05) is 0 Å². The maximum absolute atomic E-state index is 11.8. The topological polar surface area (TPSA) is 92.2 Å². The molecule has 2 aromatic heterocycles. The summed E-state index contributed by atoms with van der Waals surface area (Å²) in [6.07, 6.45) is 1.15. The summed E-state index contributed by atoms with van der Waals surface area (Å²) < 4.78 is 10.7. The first-order valence-corrected chi connectivity index (χ1v) is 7.12. The molecule has 0 unspecified atom stereocenters. The normalized spacial score (nSPS) is 11.5. The van der Waals surface area contributed by atoms with Crippen molar-refractivity contribution in [3.63, 3.8) is 0 Å². The van der Waals surface area contributed by atoms with Crippen LogP contribution < -0.4 is 10.6 Å². The highest BCUT2D eigenvalue weighted by molar-refractivity contribution is 5.84. The Bertz CT molecular complexity index is 625. The lowest BCUT2D eigenvalue weighted by molar-refractivity contribution is 0.0635. The van der Waals surface area contributed by atoms with Crippen molar-refractivity contribution in [1.29, 1.82) is 0 Å². The molecule has 0 fully saturated rings. The predicted molar refractivity (Wildman–Crippen MR) is 82.4 cm³/mol. The maximum atomic E-state index is 11.8. The number of rotatable bonds is 5. The van der Waals surface area contributed by atoms with Gasteiger partial charge in [-0.05, 0) is 39.8 Å². The van der Waals surface area contributed by atoms with Gasteiger partial charge in [-0.25, -0.2) is 4.79 Å². The third kappa shape index (κ3) is 4.92. The Morgan fingerprint density at radius 2 is 2.14 bits per heavy atom. The Morgan fingerprint density at radius 1 is 1.36 bits per heavy atom. The summed E-state index contributed by atoms with van der Waals surface area (Å²) in [7, 11) is 0. The van der Waals surface area contributed by atoms with Crippen LogP contribution in [0.5, 0.6) is 0 Å². The molecule has 0 aliphatic carbocycles. The molecule has 0 aromatic carbocycles. The van der Waals surface area contributed by atoms with Gasteiger partial charge in [0, 0.05) is 12.1 Å². The fourth-order valence-electron chi connectivity index (χ4n) is 1.86. The minimum absolute atomic E-state index is 0.514. The molecule has 7 heteroatoms. The van der Waals surface area contributed by atoms with Crippen molar-refractivity contribution in [2.75, 3.05) is 5.32 Å². The summed E-state index contributed by atoms with van der Waals surface area (Å²) in [6, 6.07) is 3.85. The number of ether oxygens (including phenoxy) is 1. The number of furan rings is 1. The van der Waals surface area contributed by atoms with Crippen LogP contribution in [-0.4, -0.2) is 21.9 Å². The first-order chi connectivity index (χ1) is 10.3. The number of hydrogen-bond acceptors (Lipinski definition) is 5. The first-order valence-electron chi connectivity index (χ1n) is 7.12. The SMILES string of the molecule is Cc1ccc(CNCc2cn[nH]c2NC(=O)OC(C)(C)C)o1. The molecule has 2 heterocycles. The number of amides is 1. The molecule has 0 spiro atoms. The standard InChI is InChI=1S/C15H22N4O3/c1-10-5-6-12(21-10)9-16-7-11-8-17-19-13(11)18-14(20)22-15(2,3)4/h5-6,8,16H,7,9H2,1-4H3,(H2,17,18,19,20). The number of nitrogens with one attached hydrogen (secondary N) is 3. The third-order valence-corrected chi connectivity index (χ3v) is 2.75. The highest BCUT2D eigenvalue weighted by Gasteiger charge is 2.17. The van der Waals surface area contributed by atoms with Crippen molar-refractivity contribution >= 4 is 11.9 Å². The molecule has 22 heavy (non-hydrogen) atoms. The highest BCUT2D eigenvalue weighted by atomic mass is 16.6. The molecule has 3 N–H and O–H groups in total. The number of carbonyl (C=O) groups excluding carboxylic acids is 1. The number of carbonyl (C=O) groups is 1. The van der Waals surface area contributed by atoms with Gasteiger partial charge in [0.25, 0.3) is 0 Å². The number of anilines is 1. The zero-order valence-corrected chi connectivity index (χ0v) is 13.3. The quantitative estimate of drug-likeness (QED) is 0.790. The van der Waals surface area contributed by atoms with E-state index in [1.54, 1.807) is 6.20 Å². The number of aromatic amines is 1. The van der Waals surface area contributed by atoms with Crippen molar-refractivity contribution in [3.8, 4) is 0 Å². The van der Waals surface area contributed by atoms with E-state index in [0.29, 0.717) is 18.9 Å². The number of H-pyrrole nitrogens is 1. The van der Waals surface area contributed by atoms with Crippen molar-refractivity contribution < 1.29 is 13.9 Å². The van der Waals surface area contributed by atoms with Crippen LogP contribution in [0.15, 0.2) is 22.7 Å². The van der Waals surface area contributed by atoms with E-state index in [9.17, 15) is 4.79 Å². The van der Waals surface area contributed by atoms with E-state index in [4.69, 9.17) is 9.15 Å². The second kappa shape index (κ2) is 6.65. The van der Waals surface area contributed by atoms with E-state index < -0.39 is 11.7 Å². The lowest BCUT2D eigenvalue weighted by Gasteiger charge is -2.19. The van der Waals surface area contributed by atoms with Crippen LogP contribution in [-0.2, 0) is 17.8 Å². The van der Waals surface area contributed by atoms with Gasteiger partial charge in [0.2, 0.25) is 0 Å². The van der Waals surface area contributed by atoms with Crippen LogP contribution in [0.25, 0.3) is 0 Å². The largest absolute Gasteiger partial charge is 0.465 e. The van der Waals surface area contributed by atoms with Gasteiger partial charge in [0.05, 0.1) is 12.7 Å². The Hall–Kier alpha value is -2.28. The molecule has 0 saturated heterocycles. The predicted octanol–water partition coefficient (Wildman–Crippen LogP) is 2.95. The molecule has 0 radical (unpaired) electrons. The molecular weight excluding hydrogens is 284 g/mol. The van der Waals surface area contributed by atoms with E-state index in [1.165, 1.54) is 0 Å². The van der Waals surface area contributed by atoms with Gasteiger partial charge in [0.1, 0.15) is 22.9 Å². The molecule has 0 saturated carbocycles. The molecule has 0 aliphatic heterocycles. The molecule has 7 nitrogen and oxygen atoms in total. The van der Waals surface area contributed by atoms with E-state index in [1.807, 2.05) is 39.8 Å². The minimum Gasteiger partial charge on any atom is -0.465 e. The third-order valence-electron chi connectivity index (χ3n) is 2.75. The lowest BCUT2D eigenvalue weighted by Crippen LogP contribution is -2.27. The lowest BCUT2D eigenvalue weighted by atomic mass is 10.2. The molecule has 2 aromatic rings. The minimum atomic E-state index is -0.542. The number of aryl methyl sites for hydroxylation is 1. The summed E-state index contributed by atoms with van der Waals surface area (Å²) in [5.74, 6) is 2.27. The van der Waals surface area contributed by atoms with E-state index in [2.05, 4.69) is 20.8 Å². The average molecular weight is 306 g/mol. The van der Waals surface area contributed by atoms with Gasteiger partial charge in [-0.3, -0.25) is 10.4 Å². The fourth-order valence-corrected chi connectivity index (χ4v) is 1.86. The van der Waals surface area contributed by atoms with E-state index in [-0.39, 0.29) is 0 Å². The van der Waals surface area contributed by atoms with Gasteiger partial charge >= 0.3 is 6.09 Å². The van der Waals surface area contributed by atoms with Crippen molar-refractivity contribution in [2.24, 2.45) is 0 Å². The summed E-state index contributed by atoms with van der Waals surface area (Å²) in [5, 5.41) is 12.6. The molecule has 120 valence electrons. The molecular formula is C15H22N4O3. The summed E-state index contributed by atoms with van der Waals surface area (Å²) in [5.41, 5.74) is 0.300. The van der Waals surface area contributed by atoms with Gasteiger partial charge in [0.15, 0.2) is 0 Å². The Balaban J connectivity index is 1.85. The zero-order valence-electron chi connectivity index (χ0n) is 13.3. The monoisotopic (exact) mass is 306 g/mol. The Kier molecular flexibility index (Phi) is 4.87. The second-order valence-electron chi connectivity index (χ2n) is 6.01. The van der Waals surface area contributed by atoms with Crippen LogP contribution in [0, 0.1) is 6.92 Å². The summed E-state index contributed by atoms with van der Waals surface area (Å²) in [6.45, 7) is 8.49. The van der Waals surface area contributed by atoms with Crippen LogP contribution in [0.1, 0.15) is 37.9 Å². The molecule has 0 atom stereocenters. The summed E-state index contributed by atoms with van der Waals surface area (Å²) in [4.78, 5) is 11.8. The van der Waals surface area contributed by atoms with Crippen molar-refractivity contribution in [2.45, 2.75) is 46.4 Å². The van der Waals surface area contributed by atoms with Gasteiger partial charge < -0.3 is 14.5 Å². The van der Waals surface area contributed by atoms with Crippen molar-refractivity contribution in [3.05, 3.63) is 35.4 Å². The average Bonchev–Trinajstić information content (AvgIpc) is 2.97. The van der Waals surface area contributed by atoms with Crippen LogP contribution >= 0.6 is 0 Å². The maximum Gasteiger partial charge on any atom is 0.413 e. The van der Waals surface area contributed by atoms with Gasteiger partial charge in [-0.2, -0.15) is 5.10 Å². The van der Waals surface area contributed by atoms with Crippen molar-refractivity contribution in [1.82, 2.24) is 15.5 Å². The Morgan fingerprint density at radius 3 is 2.77 bits per heavy atom. The second-order valence-corrected chi connectivity index (χ2v) is 6.01. The molecule has 0 bridgehead atoms. The zero-order chi connectivity index (χ0) is 16.2.